The van der Waals surface area contributed by atoms with Gasteiger partial charge in [0.1, 0.15) is 0 Å². The molecule has 19 heavy (non-hydrogen) atoms. The molecule has 0 aliphatic carbocycles. The van der Waals surface area contributed by atoms with Crippen LogP contribution in [-0.4, -0.2) is 34.3 Å². The first-order chi connectivity index (χ1) is 9.18. The van der Waals surface area contributed by atoms with Gasteiger partial charge < -0.3 is 4.90 Å². The molecule has 2 aromatic carbocycles. The van der Waals surface area contributed by atoms with Crippen molar-refractivity contribution in [3.8, 4) is 5.69 Å². The SMILES string of the molecule is CN(C)c1ccc(-n2nnnc2S)c2ccccc12. The van der Waals surface area contributed by atoms with Gasteiger partial charge in [0.25, 0.3) is 0 Å². The molecule has 0 amide bonds. The van der Waals surface area contributed by atoms with Gasteiger partial charge in [0.15, 0.2) is 0 Å². The minimum Gasteiger partial charge on any atom is -0.377 e. The van der Waals surface area contributed by atoms with Gasteiger partial charge in [-0.2, -0.15) is 4.68 Å². The Morgan fingerprint density at radius 3 is 2.42 bits per heavy atom. The van der Waals surface area contributed by atoms with E-state index in [0.717, 1.165) is 22.1 Å². The number of hydrogen-bond donors (Lipinski definition) is 1. The standard InChI is InChI=1S/C13H13N5S/c1-17(2)11-7-8-12(18-13(19)14-15-16-18)10-6-4-3-5-9(10)11/h3-8H,1-2H3,(H,14,16,19). The highest BCUT2D eigenvalue weighted by molar-refractivity contribution is 7.80. The average Bonchev–Trinajstić information content (AvgIpc) is 2.83. The van der Waals surface area contributed by atoms with Gasteiger partial charge in [-0.05, 0) is 22.6 Å². The van der Waals surface area contributed by atoms with Crippen molar-refractivity contribution in [2.75, 3.05) is 19.0 Å². The first-order valence-electron chi connectivity index (χ1n) is 5.85. The fourth-order valence-electron chi connectivity index (χ4n) is 2.18. The Morgan fingerprint density at radius 2 is 1.79 bits per heavy atom. The number of benzene rings is 2. The normalized spacial score (nSPS) is 10.9. The van der Waals surface area contributed by atoms with Crippen LogP contribution in [0.15, 0.2) is 41.6 Å². The maximum absolute atomic E-state index is 4.27. The maximum Gasteiger partial charge on any atom is 0.211 e. The molecule has 0 unspecified atom stereocenters. The Balaban J connectivity index is 2.34. The molecule has 3 rings (SSSR count). The van der Waals surface area contributed by atoms with Crippen LogP contribution in [0.2, 0.25) is 0 Å². The van der Waals surface area contributed by atoms with Gasteiger partial charge in [0.2, 0.25) is 5.16 Å². The molecular weight excluding hydrogens is 258 g/mol. The van der Waals surface area contributed by atoms with Gasteiger partial charge in [-0.1, -0.05) is 24.3 Å². The van der Waals surface area contributed by atoms with E-state index in [4.69, 9.17) is 0 Å². The van der Waals surface area contributed by atoms with Crippen molar-refractivity contribution in [1.29, 1.82) is 0 Å². The molecule has 1 heterocycles. The molecular formula is C13H13N5S. The number of anilines is 1. The summed E-state index contributed by atoms with van der Waals surface area (Å²) in [6.07, 6.45) is 0. The topological polar surface area (TPSA) is 46.8 Å². The smallest absolute Gasteiger partial charge is 0.211 e. The first kappa shape index (κ1) is 12.0. The molecule has 0 fully saturated rings. The van der Waals surface area contributed by atoms with Crippen LogP contribution < -0.4 is 4.90 Å². The average molecular weight is 271 g/mol. The lowest BCUT2D eigenvalue weighted by Gasteiger charge is -2.17. The molecule has 1 aromatic heterocycles. The van der Waals surface area contributed by atoms with E-state index in [0.29, 0.717) is 5.16 Å². The number of tetrazole rings is 1. The largest absolute Gasteiger partial charge is 0.377 e. The number of aromatic nitrogens is 4. The van der Waals surface area contributed by atoms with E-state index in [1.165, 1.54) is 0 Å². The molecule has 0 atom stereocenters. The van der Waals surface area contributed by atoms with Gasteiger partial charge in [-0.3, -0.25) is 0 Å². The highest BCUT2D eigenvalue weighted by Gasteiger charge is 2.11. The maximum atomic E-state index is 4.27. The van der Waals surface area contributed by atoms with Crippen molar-refractivity contribution in [2.45, 2.75) is 5.16 Å². The molecule has 0 saturated carbocycles. The van der Waals surface area contributed by atoms with Crippen LogP contribution in [-0.2, 0) is 0 Å². The Morgan fingerprint density at radius 1 is 1.05 bits per heavy atom. The summed E-state index contributed by atoms with van der Waals surface area (Å²) in [7, 11) is 4.06. The number of hydrogen-bond acceptors (Lipinski definition) is 5. The van der Waals surface area contributed by atoms with Crippen LogP contribution in [0.5, 0.6) is 0 Å². The van der Waals surface area contributed by atoms with Crippen LogP contribution in [0, 0.1) is 0 Å². The van der Waals surface area contributed by atoms with Gasteiger partial charge in [-0.25, -0.2) is 0 Å². The lowest BCUT2D eigenvalue weighted by Crippen LogP contribution is -2.10. The van der Waals surface area contributed by atoms with Crippen molar-refractivity contribution in [3.63, 3.8) is 0 Å². The van der Waals surface area contributed by atoms with Gasteiger partial charge in [0, 0.05) is 30.6 Å². The van der Waals surface area contributed by atoms with E-state index in [2.05, 4.69) is 51.3 Å². The second-order valence-corrected chi connectivity index (χ2v) is 4.83. The summed E-state index contributed by atoms with van der Waals surface area (Å²) >= 11 is 4.27. The summed E-state index contributed by atoms with van der Waals surface area (Å²) in [5.74, 6) is 0. The highest BCUT2D eigenvalue weighted by Crippen LogP contribution is 2.30. The highest BCUT2D eigenvalue weighted by atomic mass is 32.1. The first-order valence-corrected chi connectivity index (χ1v) is 6.30. The van der Waals surface area contributed by atoms with E-state index >= 15 is 0 Å². The number of rotatable bonds is 2. The number of thiol groups is 1. The van der Waals surface area contributed by atoms with Gasteiger partial charge >= 0.3 is 0 Å². The van der Waals surface area contributed by atoms with E-state index in [-0.39, 0.29) is 0 Å². The second kappa shape index (κ2) is 4.55. The van der Waals surface area contributed by atoms with E-state index in [1.54, 1.807) is 4.68 Å². The molecule has 3 aromatic rings. The fourth-order valence-corrected chi connectivity index (χ4v) is 2.37. The Kier molecular flexibility index (Phi) is 2.87. The molecule has 0 saturated heterocycles. The van der Waals surface area contributed by atoms with E-state index in [9.17, 15) is 0 Å². The van der Waals surface area contributed by atoms with Crippen molar-refractivity contribution in [3.05, 3.63) is 36.4 Å². The molecule has 0 bridgehead atoms. The van der Waals surface area contributed by atoms with Crippen molar-refractivity contribution >= 4 is 29.1 Å². The summed E-state index contributed by atoms with van der Waals surface area (Å²) < 4.78 is 1.63. The molecule has 0 aliphatic heterocycles. The lowest BCUT2D eigenvalue weighted by atomic mass is 10.1. The van der Waals surface area contributed by atoms with Crippen molar-refractivity contribution < 1.29 is 0 Å². The van der Waals surface area contributed by atoms with Crippen LogP contribution in [0.3, 0.4) is 0 Å². The van der Waals surface area contributed by atoms with Crippen molar-refractivity contribution in [2.24, 2.45) is 0 Å². The van der Waals surface area contributed by atoms with Crippen LogP contribution in [0.25, 0.3) is 16.5 Å². The third-order valence-corrected chi connectivity index (χ3v) is 3.32. The predicted molar refractivity (Wildman–Crippen MR) is 78.2 cm³/mol. The zero-order valence-corrected chi connectivity index (χ0v) is 11.5. The van der Waals surface area contributed by atoms with Gasteiger partial charge in [0.05, 0.1) is 5.69 Å². The summed E-state index contributed by atoms with van der Waals surface area (Å²) in [6.45, 7) is 0. The van der Waals surface area contributed by atoms with E-state index < -0.39 is 0 Å². The third-order valence-electron chi connectivity index (χ3n) is 3.04. The summed E-state index contributed by atoms with van der Waals surface area (Å²) in [4.78, 5) is 2.09. The summed E-state index contributed by atoms with van der Waals surface area (Å²) in [5, 5.41) is 14.2. The molecule has 0 spiro atoms. The Labute approximate surface area is 116 Å². The van der Waals surface area contributed by atoms with Crippen LogP contribution in [0.1, 0.15) is 0 Å². The minimum absolute atomic E-state index is 0.475. The van der Waals surface area contributed by atoms with E-state index in [1.807, 2.05) is 32.3 Å². The Hall–Kier alpha value is -2.08. The second-order valence-electron chi connectivity index (χ2n) is 4.43. The fraction of sp³-hybridized carbons (Fsp3) is 0.154. The monoisotopic (exact) mass is 271 g/mol. The van der Waals surface area contributed by atoms with Crippen molar-refractivity contribution in [1.82, 2.24) is 20.2 Å². The van der Waals surface area contributed by atoms with Crippen LogP contribution in [0.4, 0.5) is 5.69 Å². The molecule has 0 N–H and O–H groups in total. The van der Waals surface area contributed by atoms with Gasteiger partial charge in [-0.15, -0.1) is 17.7 Å². The summed E-state index contributed by atoms with van der Waals surface area (Å²) in [6, 6.07) is 12.3. The predicted octanol–water partition coefficient (Wildman–Crippen LogP) is 2.17. The molecule has 5 nitrogen and oxygen atoms in total. The summed E-state index contributed by atoms with van der Waals surface area (Å²) in [5.41, 5.74) is 2.09. The zero-order chi connectivity index (χ0) is 13.4. The zero-order valence-electron chi connectivity index (χ0n) is 10.6. The van der Waals surface area contributed by atoms with Crippen LogP contribution >= 0.6 is 12.6 Å². The lowest BCUT2D eigenvalue weighted by molar-refractivity contribution is 0.763. The molecule has 6 heteroatoms. The molecule has 0 radical (unpaired) electrons. The third kappa shape index (κ3) is 1.94. The molecule has 96 valence electrons. The number of nitrogens with zero attached hydrogens (tertiary/aromatic N) is 5. The Bertz CT molecular complexity index is 735. The minimum atomic E-state index is 0.475. The quantitative estimate of drug-likeness (QED) is 0.726. The number of fused-ring (bicyclic) bond motifs is 1. The molecule has 0 aliphatic rings.